The molecule has 0 aliphatic heterocycles. The van der Waals surface area contributed by atoms with Crippen molar-refractivity contribution in [3.05, 3.63) is 33.3 Å². The van der Waals surface area contributed by atoms with E-state index in [2.05, 4.69) is 25.5 Å². The molecule has 0 radical (unpaired) electrons. The van der Waals surface area contributed by atoms with Crippen LogP contribution in [0.4, 0.5) is 10.7 Å². The molecule has 0 aliphatic rings. The van der Waals surface area contributed by atoms with Gasteiger partial charge in [0.25, 0.3) is 5.91 Å². The van der Waals surface area contributed by atoms with Gasteiger partial charge in [0.05, 0.1) is 10.6 Å². The first-order valence-electron chi connectivity index (χ1n) is 4.96. The monoisotopic (exact) mass is 334 g/mol. The van der Waals surface area contributed by atoms with E-state index in [1.165, 1.54) is 12.4 Å². The average Bonchev–Trinajstić information content (AvgIpc) is 2.79. The standard InChI is InChI=1S/C9H5Cl3N6O2/c10-3-1-4(11)15-6(12)5(3)7(19)16-9(20)17-8-13-2-14-18-8/h1-2H,(H3,13,14,16,17,18,19,20). The number of urea groups is 1. The summed E-state index contributed by atoms with van der Waals surface area (Å²) in [5.41, 5.74) is -0.162. The van der Waals surface area contributed by atoms with Crippen molar-refractivity contribution in [1.82, 2.24) is 25.5 Å². The SMILES string of the molecule is O=C(NC(=O)c1c(Cl)cc(Cl)nc1Cl)Nc1ncn[nH]1. The number of pyridine rings is 1. The summed E-state index contributed by atoms with van der Waals surface area (Å²) in [6.45, 7) is 0. The van der Waals surface area contributed by atoms with Gasteiger partial charge in [-0.1, -0.05) is 34.8 Å². The second kappa shape index (κ2) is 6.04. The van der Waals surface area contributed by atoms with E-state index in [1.807, 2.05) is 5.32 Å². The molecule has 0 aromatic carbocycles. The minimum atomic E-state index is -0.839. The van der Waals surface area contributed by atoms with E-state index in [4.69, 9.17) is 34.8 Å². The molecule has 3 N–H and O–H groups in total. The molecule has 2 heterocycles. The number of hydrogen-bond donors (Lipinski definition) is 3. The van der Waals surface area contributed by atoms with Crippen molar-refractivity contribution in [3.8, 4) is 0 Å². The molecule has 0 saturated heterocycles. The number of carbonyl (C=O) groups excluding carboxylic acids is 2. The highest BCUT2D eigenvalue weighted by atomic mass is 35.5. The van der Waals surface area contributed by atoms with Gasteiger partial charge in [-0.15, -0.1) is 0 Å². The number of aromatic nitrogens is 4. The Kier molecular flexibility index (Phi) is 4.38. The van der Waals surface area contributed by atoms with Crippen LogP contribution in [0.2, 0.25) is 15.3 Å². The highest BCUT2D eigenvalue weighted by molar-refractivity contribution is 6.41. The smallest absolute Gasteiger partial charge is 0.276 e. The van der Waals surface area contributed by atoms with Crippen molar-refractivity contribution >= 4 is 52.7 Å². The van der Waals surface area contributed by atoms with Crippen LogP contribution in [0.15, 0.2) is 12.4 Å². The molecule has 11 heteroatoms. The number of anilines is 1. The third-order valence-electron chi connectivity index (χ3n) is 2.00. The molecule has 2 rings (SSSR count). The second-order valence-corrected chi connectivity index (χ2v) is 4.49. The molecular weight excluding hydrogens is 330 g/mol. The van der Waals surface area contributed by atoms with Crippen LogP contribution in [0.3, 0.4) is 0 Å². The lowest BCUT2D eigenvalue weighted by Gasteiger charge is -2.07. The van der Waals surface area contributed by atoms with Gasteiger partial charge in [-0.25, -0.2) is 14.9 Å². The third-order valence-corrected chi connectivity index (χ3v) is 2.76. The van der Waals surface area contributed by atoms with Crippen LogP contribution < -0.4 is 10.6 Å². The molecule has 0 saturated carbocycles. The third kappa shape index (κ3) is 3.35. The van der Waals surface area contributed by atoms with E-state index in [1.54, 1.807) is 0 Å². The molecule has 0 unspecified atom stereocenters. The Bertz CT molecular complexity index is 637. The predicted molar refractivity (Wildman–Crippen MR) is 72.1 cm³/mol. The van der Waals surface area contributed by atoms with Gasteiger partial charge in [0.15, 0.2) is 0 Å². The molecule has 20 heavy (non-hydrogen) atoms. The molecule has 104 valence electrons. The Morgan fingerprint density at radius 1 is 1.25 bits per heavy atom. The molecule has 3 amide bonds. The van der Waals surface area contributed by atoms with Gasteiger partial charge < -0.3 is 0 Å². The van der Waals surface area contributed by atoms with Gasteiger partial charge >= 0.3 is 6.03 Å². The van der Waals surface area contributed by atoms with Crippen LogP contribution in [-0.2, 0) is 0 Å². The quantitative estimate of drug-likeness (QED) is 0.728. The van der Waals surface area contributed by atoms with Gasteiger partial charge in [0.2, 0.25) is 5.95 Å². The number of rotatable bonds is 2. The highest BCUT2D eigenvalue weighted by Crippen LogP contribution is 2.25. The highest BCUT2D eigenvalue weighted by Gasteiger charge is 2.19. The molecule has 0 aliphatic carbocycles. The average molecular weight is 336 g/mol. The number of nitrogens with one attached hydrogen (secondary N) is 3. The summed E-state index contributed by atoms with van der Waals surface area (Å²) in [4.78, 5) is 30.7. The van der Waals surface area contributed by atoms with Crippen molar-refractivity contribution in [2.45, 2.75) is 0 Å². The summed E-state index contributed by atoms with van der Waals surface area (Å²) in [6.07, 6.45) is 1.19. The first-order valence-corrected chi connectivity index (χ1v) is 6.10. The fraction of sp³-hybridized carbons (Fsp3) is 0. The number of carbonyl (C=O) groups is 2. The first kappa shape index (κ1) is 14.5. The predicted octanol–water partition coefficient (Wildman–Crippen LogP) is 2.12. The van der Waals surface area contributed by atoms with Crippen molar-refractivity contribution in [1.29, 1.82) is 0 Å². The molecule has 0 spiro atoms. The number of amides is 3. The fourth-order valence-electron chi connectivity index (χ4n) is 1.23. The zero-order valence-electron chi connectivity index (χ0n) is 9.45. The fourth-order valence-corrected chi connectivity index (χ4v) is 2.13. The van der Waals surface area contributed by atoms with Crippen LogP contribution in [0, 0.1) is 0 Å². The van der Waals surface area contributed by atoms with E-state index in [0.717, 1.165) is 0 Å². The van der Waals surface area contributed by atoms with Gasteiger partial charge in [-0.3, -0.25) is 15.4 Å². The van der Waals surface area contributed by atoms with Gasteiger partial charge in [-0.2, -0.15) is 10.1 Å². The van der Waals surface area contributed by atoms with E-state index in [9.17, 15) is 9.59 Å². The zero-order chi connectivity index (χ0) is 14.7. The van der Waals surface area contributed by atoms with Crippen LogP contribution in [0.1, 0.15) is 10.4 Å². The molecule has 0 fully saturated rings. The van der Waals surface area contributed by atoms with Gasteiger partial charge in [-0.05, 0) is 6.07 Å². The summed E-state index contributed by atoms with van der Waals surface area (Å²) in [7, 11) is 0. The summed E-state index contributed by atoms with van der Waals surface area (Å²) < 4.78 is 0. The summed E-state index contributed by atoms with van der Waals surface area (Å²) in [5, 5.41) is 9.94. The number of imide groups is 1. The molecular formula is C9H5Cl3N6O2. The Hall–Kier alpha value is -1.90. The minimum Gasteiger partial charge on any atom is -0.276 e. The van der Waals surface area contributed by atoms with Crippen LogP contribution in [0.25, 0.3) is 0 Å². The van der Waals surface area contributed by atoms with E-state index >= 15 is 0 Å². The Morgan fingerprint density at radius 2 is 2.00 bits per heavy atom. The van der Waals surface area contributed by atoms with Crippen molar-refractivity contribution in [2.24, 2.45) is 0 Å². The van der Waals surface area contributed by atoms with Crippen molar-refractivity contribution in [3.63, 3.8) is 0 Å². The summed E-state index contributed by atoms with van der Waals surface area (Å²) in [6, 6.07) is 0.395. The summed E-state index contributed by atoms with van der Waals surface area (Å²) >= 11 is 17.2. The molecule has 2 aromatic rings. The number of halogens is 3. The van der Waals surface area contributed by atoms with Crippen molar-refractivity contribution < 1.29 is 9.59 Å². The van der Waals surface area contributed by atoms with Gasteiger partial charge in [0, 0.05) is 0 Å². The molecule has 0 atom stereocenters. The van der Waals surface area contributed by atoms with E-state index in [-0.39, 0.29) is 26.8 Å². The van der Waals surface area contributed by atoms with E-state index in [0.29, 0.717) is 0 Å². The lowest BCUT2D eigenvalue weighted by Crippen LogP contribution is -2.35. The molecule has 0 bridgehead atoms. The Balaban J connectivity index is 2.11. The van der Waals surface area contributed by atoms with Crippen molar-refractivity contribution in [2.75, 3.05) is 5.32 Å². The topological polar surface area (TPSA) is 113 Å². The molecule has 8 nitrogen and oxygen atoms in total. The number of aromatic amines is 1. The number of hydrogen-bond acceptors (Lipinski definition) is 5. The first-order chi connectivity index (χ1) is 9.47. The van der Waals surface area contributed by atoms with Crippen LogP contribution in [0.5, 0.6) is 0 Å². The lowest BCUT2D eigenvalue weighted by molar-refractivity contribution is 0.0967. The maximum atomic E-state index is 11.9. The molecule has 2 aromatic heterocycles. The Morgan fingerprint density at radius 3 is 2.60 bits per heavy atom. The normalized spacial score (nSPS) is 10.2. The van der Waals surface area contributed by atoms with Crippen LogP contribution >= 0.6 is 34.8 Å². The zero-order valence-corrected chi connectivity index (χ0v) is 11.7. The number of H-pyrrole nitrogens is 1. The maximum absolute atomic E-state index is 11.9. The summed E-state index contributed by atoms with van der Waals surface area (Å²) in [5.74, 6) is -0.761. The van der Waals surface area contributed by atoms with Crippen LogP contribution in [-0.4, -0.2) is 32.1 Å². The lowest BCUT2D eigenvalue weighted by atomic mass is 10.2. The number of nitrogens with zero attached hydrogens (tertiary/aromatic N) is 3. The maximum Gasteiger partial charge on any atom is 0.328 e. The minimum absolute atomic E-state index is 0.0278. The van der Waals surface area contributed by atoms with Gasteiger partial charge in [0.1, 0.15) is 16.6 Å². The second-order valence-electron chi connectivity index (χ2n) is 3.33. The largest absolute Gasteiger partial charge is 0.328 e. The Labute approximate surface area is 126 Å². The van der Waals surface area contributed by atoms with E-state index < -0.39 is 11.9 Å².